The minimum absolute atomic E-state index is 0.0213. The summed E-state index contributed by atoms with van der Waals surface area (Å²) in [7, 11) is 3.11. The number of hydrogen-bond donors (Lipinski definition) is 1. The second-order valence-corrected chi connectivity index (χ2v) is 7.79. The van der Waals surface area contributed by atoms with E-state index < -0.39 is 11.3 Å². The van der Waals surface area contributed by atoms with Gasteiger partial charge in [0.05, 0.1) is 38.8 Å². The van der Waals surface area contributed by atoms with Gasteiger partial charge in [-0.05, 0) is 32.0 Å². The maximum atomic E-state index is 11.0. The highest BCUT2D eigenvalue weighted by atomic mass is 32.2. The lowest BCUT2D eigenvalue weighted by molar-refractivity contribution is 0.327. The van der Waals surface area contributed by atoms with Crippen molar-refractivity contribution in [3.8, 4) is 34.6 Å². The molecule has 0 aliphatic carbocycles. The normalized spacial score (nSPS) is 12.0. The molecule has 34 heavy (non-hydrogen) atoms. The molecule has 12 heteroatoms. The number of rotatable bonds is 9. The Morgan fingerprint density at radius 3 is 2.38 bits per heavy atom. The number of methoxy groups -OCH3 is 2. The molecule has 0 saturated heterocycles. The first-order valence-corrected chi connectivity index (χ1v) is 11.4. The Bertz CT molecular complexity index is 1340. The van der Waals surface area contributed by atoms with Crippen LogP contribution in [0.3, 0.4) is 0 Å². The maximum Gasteiger partial charge on any atom is 0.213 e. The fourth-order valence-electron chi connectivity index (χ4n) is 3.51. The summed E-state index contributed by atoms with van der Waals surface area (Å²) in [5, 5.41) is 0. The van der Waals surface area contributed by atoms with Crippen LogP contribution in [0.5, 0.6) is 17.4 Å². The van der Waals surface area contributed by atoms with Crippen LogP contribution in [0.4, 0.5) is 0 Å². The smallest absolute Gasteiger partial charge is 0.213 e. The molecule has 3 heterocycles. The minimum Gasteiger partial charge on any atom is -0.760 e. The fraction of sp³-hybridized carbons (Fsp3) is 0.273. The lowest BCUT2D eigenvalue weighted by Crippen LogP contribution is -2.18. The third-order valence-electron chi connectivity index (χ3n) is 5.00. The summed E-state index contributed by atoms with van der Waals surface area (Å²) in [6.07, 6.45) is 0. The van der Waals surface area contributed by atoms with Gasteiger partial charge in [-0.1, -0.05) is 12.1 Å². The summed E-state index contributed by atoms with van der Waals surface area (Å²) in [4.78, 5) is 18.6. The van der Waals surface area contributed by atoms with Crippen molar-refractivity contribution in [3.05, 3.63) is 47.8 Å². The van der Waals surface area contributed by atoms with Crippen molar-refractivity contribution in [2.24, 2.45) is 0 Å². The molecule has 4 aromatic rings. The number of nitrogens with one attached hydrogen (secondary N) is 1. The molecule has 1 aromatic carbocycles. The third-order valence-corrected chi connectivity index (χ3v) is 5.38. The maximum absolute atomic E-state index is 11.0. The molecule has 0 fully saturated rings. The second kappa shape index (κ2) is 10.1. The summed E-state index contributed by atoms with van der Waals surface area (Å²) >= 11 is -2.44. The van der Waals surface area contributed by atoms with Gasteiger partial charge in [0.2, 0.25) is 5.88 Å². The molecule has 0 aliphatic heterocycles. The van der Waals surface area contributed by atoms with E-state index in [1.165, 1.54) is 0 Å². The molecule has 0 aliphatic rings. The molecule has 0 saturated carbocycles. The Morgan fingerprint density at radius 2 is 1.74 bits per heavy atom. The molecular weight excluding hydrogens is 460 g/mol. The monoisotopic (exact) mass is 483 g/mol. The lowest BCUT2D eigenvalue weighted by atomic mass is 10.2. The number of benzene rings is 1. The Kier molecular flexibility index (Phi) is 7.01. The van der Waals surface area contributed by atoms with Gasteiger partial charge in [-0.2, -0.15) is 0 Å². The number of imidazole rings is 1. The number of fused-ring (bicyclic) bond motifs is 1. The third kappa shape index (κ3) is 4.55. The van der Waals surface area contributed by atoms with Crippen LogP contribution >= 0.6 is 0 Å². The molecule has 4 rings (SSSR count). The Labute approximate surface area is 198 Å². The highest BCUT2D eigenvalue weighted by molar-refractivity contribution is 7.77. The van der Waals surface area contributed by atoms with Crippen LogP contribution in [0.25, 0.3) is 28.5 Å². The minimum atomic E-state index is -2.44. The first-order valence-electron chi connectivity index (χ1n) is 10.4. The summed E-state index contributed by atoms with van der Waals surface area (Å²) in [6.45, 7) is 4.07. The van der Waals surface area contributed by atoms with Gasteiger partial charge in [0.1, 0.15) is 22.9 Å². The van der Waals surface area contributed by atoms with Crippen LogP contribution in [0.15, 0.2) is 36.4 Å². The number of nitrogens with zero attached hydrogens (tertiary/aromatic N) is 5. The summed E-state index contributed by atoms with van der Waals surface area (Å²) in [5.41, 5.74) is 2.82. The first kappa shape index (κ1) is 23.5. The predicted octanol–water partition coefficient (Wildman–Crippen LogP) is 2.49. The van der Waals surface area contributed by atoms with Crippen LogP contribution in [0.2, 0.25) is 0 Å². The molecule has 1 N–H and O–H groups in total. The van der Waals surface area contributed by atoms with E-state index in [1.807, 2.05) is 19.1 Å². The molecule has 11 nitrogen and oxygen atoms in total. The van der Waals surface area contributed by atoms with Crippen molar-refractivity contribution in [1.82, 2.24) is 29.2 Å². The van der Waals surface area contributed by atoms with E-state index >= 15 is 0 Å². The van der Waals surface area contributed by atoms with E-state index in [4.69, 9.17) is 24.2 Å². The van der Waals surface area contributed by atoms with Gasteiger partial charge in [0, 0.05) is 17.3 Å². The van der Waals surface area contributed by atoms with E-state index in [-0.39, 0.29) is 6.54 Å². The Hall–Kier alpha value is -3.61. The Morgan fingerprint density at radius 1 is 1.03 bits per heavy atom. The van der Waals surface area contributed by atoms with Crippen molar-refractivity contribution in [2.45, 2.75) is 20.4 Å². The van der Waals surface area contributed by atoms with E-state index in [0.29, 0.717) is 63.9 Å². The zero-order valence-electron chi connectivity index (χ0n) is 19.1. The number of ether oxygens (including phenoxy) is 3. The zero-order valence-corrected chi connectivity index (χ0v) is 19.9. The van der Waals surface area contributed by atoms with Crippen molar-refractivity contribution in [1.29, 1.82) is 0 Å². The number of aryl methyl sites for hydroxylation is 1. The van der Waals surface area contributed by atoms with Crippen LogP contribution in [-0.4, -0.2) is 54.1 Å². The summed E-state index contributed by atoms with van der Waals surface area (Å²) in [6, 6.07) is 10.8. The average molecular weight is 484 g/mol. The van der Waals surface area contributed by atoms with E-state index in [2.05, 4.69) is 14.7 Å². The molecule has 0 bridgehead atoms. The molecule has 0 radical (unpaired) electrons. The molecule has 1 unspecified atom stereocenters. The first-order chi connectivity index (χ1) is 16.5. The van der Waals surface area contributed by atoms with Crippen LogP contribution < -0.4 is 18.9 Å². The predicted molar refractivity (Wildman–Crippen MR) is 125 cm³/mol. The Balaban J connectivity index is 2.05. The number of aromatic nitrogens is 5. The van der Waals surface area contributed by atoms with Gasteiger partial charge in [0.25, 0.3) is 0 Å². The second-order valence-electron chi connectivity index (χ2n) is 7.03. The standard InChI is InChI=1S/C22H24N6O5S/c1-5-33-18-11-6-8-14(25-18)21-27-20-22(26-15(13(2)24-20)12-23-34(29)30)28(21)19-16(31-3)9-7-10-17(19)32-4/h6-11,23H,5,12H2,1-4H3,(H,29,30)/p-1. The van der Waals surface area contributed by atoms with E-state index in [0.717, 1.165) is 0 Å². The summed E-state index contributed by atoms with van der Waals surface area (Å²) in [5.74, 6) is 1.92. The number of pyridine rings is 1. The highest BCUT2D eigenvalue weighted by Crippen LogP contribution is 2.37. The molecule has 3 aromatic heterocycles. The van der Waals surface area contributed by atoms with E-state index in [9.17, 15) is 8.76 Å². The van der Waals surface area contributed by atoms with Crippen molar-refractivity contribution < 1.29 is 23.0 Å². The van der Waals surface area contributed by atoms with Gasteiger partial charge in [-0.15, -0.1) is 0 Å². The van der Waals surface area contributed by atoms with Gasteiger partial charge in [-0.25, -0.2) is 24.7 Å². The molecule has 178 valence electrons. The lowest BCUT2D eigenvalue weighted by Gasteiger charge is -2.16. The topological polar surface area (TPSA) is 136 Å². The molecule has 1 atom stereocenters. The van der Waals surface area contributed by atoms with Crippen molar-refractivity contribution in [2.75, 3.05) is 20.8 Å². The number of hydrogen-bond acceptors (Lipinski definition) is 9. The fourth-order valence-corrected chi connectivity index (χ4v) is 3.76. The molecule has 0 amide bonds. The number of para-hydroxylation sites is 1. The van der Waals surface area contributed by atoms with Gasteiger partial charge >= 0.3 is 0 Å². The van der Waals surface area contributed by atoms with Crippen LogP contribution in [0.1, 0.15) is 18.3 Å². The molecule has 0 spiro atoms. The van der Waals surface area contributed by atoms with E-state index in [1.54, 1.807) is 50.0 Å². The SMILES string of the molecule is CCOc1cccc(-c2nc3nc(C)c(CNS(=O)[O-])nc3n2-c2c(OC)cccc2OC)n1. The van der Waals surface area contributed by atoms with Gasteiger partial charge in [-0.3, -0.25) is 8.78 Å². The van der Waals surface area contributed by atoms with Gasteiger partial charge < -0.3 is 18.8 Å². The molecular formula is C22H23N6O5S-. The average Bonchev–Trinajstić information content (AvgIpc) is 3.19. The highest BCUT2D eigenvalue weighted by Gasteiger charge is 2.24. The summed E-state index contributed by atoms with van der Waals surface area (Å²) < 4.78 is 43.0. The van der Waals surface area contributed by atoms with Crippen LogP contribution in [-0.2, 0) is 17.8 Å². The largest absolute Gasteiger partial charge is 0.760 e. The van der Waals surface area contributed by atoms with Crippen molar-refractivity contribution >= 4 is 22.6 Å². The zero-order chi connectivity index (χ0) is 24.2. The van der Waals surface area contributed by atoms with Crippen LogP contribution in [0, 0.1) is 6.92 Å². The quantitative estimate of drug-likeness (QED) is 0.356. The van der Waals surface area contributed by atoms with Crippen molar-refractivity contribution in [3.63, 3.8) is 0 Å². The van der Waals surface area contributed by atoms with Gasteiger partial charge in [0.15, 0.2) is 17.1 Å².